The van der Waals surface area contributed by atoms with Gasteiger partial charge in [0.2, 0.25) is 0 Å². The van der Waals surface area contributed by atoms with Crippen LogP contribution >= 0.6 is 22.6 Å². The number of carboxylic acids is 1. The van der Waals surface area contributed by atoms with Crippen LogP contribution in [0.4, 0.5) is 10.5 Å². The summed E-state index contributed by atoms with van der Waals surface area (Å²) < 4.78 is 1.06. The Morgan fingerprint density at radius 3 is 2.09 bits per heavy atom. The summed E-state index contributed by atoms with van der Waals surface area (Å²) in [6.45, 7) is 9.38. The van der Waals surface area contributed by atoms with E-state index >= 15 is 0 Å². The molecule has 0 aliphatic carbocycles. The molecule has 0 fully saturated rings. The van der Waals surface area contributed by atoms with Crippen LogP contribution in [0.2, 0.25) is 0 Å². The number of carbonyl (C=O) groups is 2. The molecule has 0 aliphatic rings. The quantitative estimate of drug-likeness (QED) is 0.607. The number of benzene rings is 1. The first-order valence-corrected chi connectivity index (χ1v) is 8.64. The van der Waals surface area contributed by atoms with Crippen molar-refractivity contribution in [2.24, 2.45) is 11.3 Å². The highest BCUT2D eigenvalue weighted by molar-refractivity contribution is 14.1. The monoisotopic (exact) mass is 432 g/mol. The van der Waals surface area contributed by atoms with Crippen LogP contribution < -0.4 is 10.6 Å². The van der Waals surface area contributed by atoms with Crippen molar-refractivity contribution in [2.75, 3.05) is 5.32 Å². The number of anilines is 1. The lowest BCUT2D eigenvalue weighted by atomic mass is 9.69. The van der Waals surface area contributed by atoms with Crippen LogP contribution in [0.25, 0.3) is 0 Å². The molecule has 0 saturated carbocycles. The van der Waals surface area contributed by atoms with E-state index in [-0.39, 0.29) is 5.92 Å². The minimum atomic E-state index is -1.34. The molecular weight excluding hydrogens is 407 g/mol. The van der Waals surface area contributed by atoms with E-state index in [1.165, 1.54) is 0 Å². The predicted octanol–water partition coefficient (Wildman–Crippen LogP) is 4.33. The summed E-state index contributed by atoms with van der Waals surface area (Å²) >= 11 is 2.18. The summed E-state index contributed by atoms with van der Waals surface area (Å²) in [4.78, 5) is 24.4. The van der Waals surface area contributed by atoms with E-state index in [9.17, 15) is 14.7 Å². The topological polar surface area (TPSA) is 78.4 Å². The zero-order valence-electron chi connectivity index (χ0n) is 14.2. The lowest BCUT2D eigenvalue weighted by Gasteiger charge is -2.42. The lowest BCUT2D eigenvalue weighted by Crippen LogP contribution is -2.63. The van der Waals surface area contributed by atoms with Crippen molar-refractivity contribution in [2.45, 2.75) is 46.6 Å². The molecule has 6 heteroatoms. The first kappa shape index (κ1) is 19.7. The van der Waals surface area contributed by atoms with Gasteiger partial charge >= 0.3 is 12.0 Å². The van der Waals surface area contributed by atoms with Crippen molar-refractivity contribution in [3.05, 3.63) is 27.8 Å². The van der Waals surface area contributed by atoms with Gasteiger partial charge in [0, 0.05) is 9.26 Å². The third-order valence-corrected chi connectivity index (χ3v) is 4.51. The van der Waals surface area contributed by atoms with Crippen molar-refractivity contribution in [3.63, 3.8) is 0 Å². The zero-order chi connectivity index (χ0) is 17.8. The van der Waals surface area contributed by atoms with Crippen molar-refractivity contribution >= 4 is 40.3 Å². The van der Waals surface area contributed by atoms with Crippen LogP contribution in [0.3, 0.4) is 0 Å². The summed E-state index contributed by atoms with van der Waals surface area (Å²) in [5, 5.41) is 15.2. The summed E-state index contributed by atoms with van der Waals surface area (Å²) in [5.41, 5.74) is -1.35. The van der Waals surface area contributed by atoms with Gasteiger partial charge in [-0.3, -0.25) is 0 Å². The van der Waals surface area contributed by atoms with Crippen molar-refractivity contribution in [3.8, 4) is 0 Å². The van der Waals surface area contributed by atoms with E-state index in [2.05, 4.69) is 33.2 Å². The minimum absolute atomic E-state index is 0.129. The number of rotatable bonds is 5. The van der Waals surface area contributed by atoms with Gasteiger partial charge in [0.15, 0.2) is 0 Å². The molecule has 2 amide bonds. The third kappa shape index (κ3) is 5.09. The van der Waals surface area contributed by atoms with Crippen molar-refractivity contribution < 1.29 is 14.7 Å². The molecule has 1 rings (SSSR count). The number of hydrogen-bond acceptors (Lipinski definition) is 2. The van der Waals surface area contributed by atoms with Gasteiger partial charge in [-0.1, -0.05) is 34.6 Å². The molecule has 23 heavy (non-hydrogen) atoms. The number of halogens is 1. The number of carbonyl (C=O) groups excluding carboxylic acids is 1. The number of urea groups is 1. The summed E-state index contributed by atoms with van der Waals surface area (Å²) in [6, 6.07) is 6.80. The molecule has 1 aromatic rings. The molecule has 0 saturated heterocycles. The average Bonchev–Trinajstić information content (AvgIpc) is 2.38. The second-order valence-corrected chi connectivity index (χ2v) is 8.39. The standard InChI is InChI=1S/C17H25IN2O3/c1-11(2)10-17(14(21)22,16(3,4)5)20-15(23)19-13-8-6-12(18)7-9-13/h6-9,11H,10H2,1-5H3,(H,21,22)(H2,19,20,23)/t17-/m1/s1. The van der Waals surface area contributed by atoms with E-state index < -0.39 is 23.0 Å². The maximum absolute atomic E-state index is 12.4. The number of hydrogen-bond donors (Lipinski definition) is 3. The van der Waals surface area contributed by atoms with Gasteiger partial charge in [0.1, 0.15) is 5.54 Å². The van der Waals surface area contributed by atoms with Gasteiger partial charge in [-0.2, -0.15) is 0 Å². The second kappa shape index (κ2) is 7.51. The Hall–Kier alpha value is -1.31. The minimum Gasteiger partial charge on any atom is -0.479 e. The Morgan fingerprint density at radius 1 is 1.17 bits per heavy atom. The van der Waals surface area contributed by atoms with Crippen LogP contribution in [0.15, 0.2) is 24.3 Å². The Bertz CT molecular complexity index is 564. The van der Waals surface area contributed by atoms with E-state index in [1.807, 2.05) is 46.8 Å². The normalized spacial score (nSPS) is 14.2. The average molecular weight is 432 g/mol. The van der Waals surface area contributed by atoms with Crippen molar-refractivity contribution in [1.29, 1.82) is 0 Å². The molecule has 0 unspecified atom stereocenters. The molecule has 128 valence electrons. The van der Waals surface area contributed by atoms with E-state index in [1.54, 1.807) is 12.1 Å². The Balaban J connectivity index is 3.02. The molecule has 1 atom stereocenters. The van der Waals surface area contributed by atoms with Gasteiger partial charge in [-0.15, -0.1) is 0 Å². The number of amides is 2. The first-order valence-electron chi connectivity index (χ1n) is 7.56. The van der Waals surface area contributed by atoms with Gasteiger partial charge in [-0.25, -0.2) is 9.59 Å². The molecule has 3 N–H and O–H groups in total. The SMILES string of the molecule is CC(C)C[C@@](NC(=O)Nc1ccc(I)cc1)(C(=O)O)C(C)(C)C. The van der Waals surface area contributed by atoms with Crippen LogP contribution in [0, 0.1) is 14.9 Å². The van der Waals surface area contributed by atoms with Gasteiger partial charge < -0.3 is 15.7 Å². The molecule has 0 bridgehead atoms. The fourth-order valence-electron chi connectivity index (χ4n) is 2.51. The van der Waals surface area contributed by atoms with E-state index in [0.29, 0.717) is 12.1 Å². The largest absolute Gasteiger partial charge is 0.479 e. The van der Waals surface area contributed by atoms with Crippen LogP contribution in [-0.4, -0.2) is 22.6 Å². The second-order valence-electron chi connectivity index (χ2n) is 7.14. The highest BCUT2D eigenvalue weighted by Gasteiger charge is 2.50. The van der Waals surface area contributed by atoms with E-state index in [0.717, 1.165) is 3.57 Å². The summed E-state index contributed by atoms with van der Waals surface area (Å²) in [6.07, 6.45) is 0.353. The molecule has 5 nitrogen and oxygen atoms in total. The lowest BCUT2D eigenvalue weighted by molar-refractivity contribution is -0.150. The smallest absolute Gasteiger partial charge is 0.330 e. The molecule has 0 heterocycles. The van der Waals surface area contributed by atoms with Gasteiger partial charge in [0.05, 0.1) is 0 Å². The maximum Gasteiger partial charge on any atom is 0.330 e. The third-order valence-electron chi connectivity index (χ3n) is 3.79. The predicted molar refractivity (Wildman–Crippen MR) is 101 cm³/mol. The van der Waals surface area contributed by atoms with Crippen LogP contribution in [-0.2, 0) is 4.79 Å². The molecule has 0 radical (unpaired) electrons. The van der Waals surface area contributed by atoms with E-state index in [4.69, 9.17) is 0 Å². The van der Waals surface area contributed by atoms with Crippen molar-refractivity contribution in [1.82, 2.24) is 5.32 Å². The molecule has 0 aliphatic heterocycles. The fourth-order valence-corrected chi connectivity index (χ4v) is 2.87. The van der Waals surface area contributed by atoms with Gasteiger partial charge in [-0.05, 0) is 64.6 Å². The summed E-state index contributed by atoms with van der Waals surface area (Å²) in [7, 11) is 0. The first-order chi connectivity index (χ1) is 10.5. The Morgan fingerprint density at radius 2 is 1.70 bits per heavy atom. The number of carboxylic acid groups (broad SMARTS) is 1. The Labute approximate surface area is 151 Å². The maximum atomic E-state index is 12.4. The zero-order valence-corrected chi connectivity index (χ0v) is 16.4. The number of nitrogens with one attached hydrogen (secondary N) is 2. The highest BCUT2D eigenvalue weighted by Crippen LogP contribution is 2.36. The molecular formula is C17H25IN2O3. The molecule has 1 aromatic carbocycles. The fraction of sp³-hybridized carbons (Fsp3) is 0.529. The molecule has 0 spiro atoms. The van der Waals surface area contributed by atoms with Crippen LogP contribution in [0.5, 0.6) is 0 Å². The van der Waals surface area contributed by atoms with Crippen LogP contribution in [0.1, 0.15) is 41.0 Å². The highest BCUT2D eigenvalue weighted by atomic mass is 127. The summed E-state index contributed by atoms with van der Waals surface area (Å²) in [5.74, 6) is -0.889. The number of aliphatic carboxylic acids is 1. The molecule has 0 aromatic heterocycles. The Kier molecular flexibility index (Phi) is 6.44. The van der Waals surface area contributed by atoms with Gasteiger partial charge in [0.25, 0.3) is 0 Å².